The maximum atomic E-state index is 12.1. The number of carbonyl (C=O) groups is 2. The van der Waals surface area contributed by atoms with E-state index in [4.69, 9.17) is 9.47 Å². The van der Waals surface area contributed by atoms with Gasteiger partial charge >= 0.3 is 5.97 Å². The fraction of sp³-hybridized carbons (Fsp3) is 0.158. The predicted molar refractivity (Wildman–Crippen MR) is 90.6 cm³/mol. The average Bonchev–Trinajstić information content (AvgIpc) is 2.64. The molecular formula is C19H19NO4. The number of hydrogen-bond acceptors (Lipinski definition) is 4. The van der Waals surface area contributed by atoms with Crippen LogP contribution in [0, 0.1) is 0 Å². The summed E-state index contributed by atoms with van der Waals surface area (Å²) < 4.78 is 10.4. The topological polar surface area (TPSA) is 64.6 Å². The van der Waals surface area contributed by atoms with Crippen molar-refractivity contribution < 1.29 is 19.1 Å². The maximum absolute atomic E-state index is 12.1. The molecule has 24 heavy (non-hydrogen) atoms. The van der Waals surface area contributed by atoms with Crippen molar-refractivity contribution in [1.29, 1.82) is 0 Å². The largest absolute Gasteiger partial charge is 0.497 e. The number of benzene rings is 2. The highest BCUT2D eigenvalue weighted by Gasteiger charge is 2.08. The first-order valence-electron chi connectivity index (χ1n) is 7.41. The Hall–Kier alpha value is -3.08. The lowest BCUT2D eigenvalue weighted by molar-refractivity contribution is -0.116. The van der Waals surface area contributed by atoms with Gasteiger partial charge in [0.2, 0.25) is 5.91 Å². The highest BCUT2D eigenvalue weighted by atomic mass is 16.5. The summed E-state index contributed by atoms with van der Waals surface area (Å²) in [4.78, 5) is 23.2. The van der Waals surface area contributed by atoms with Gasteiger partial charge in [-0.3, -0.25) is 4.79 Å². The lowest BCUT2D eigenvalue weighted by Gasteiger charge is -2.07. The molecule has 2 aromatic carbocycles. The van der Waals surface area contributed by atoms with Gasteiger partial charge in [0, 0.05) is 6.54 Å². The van der Waals surface area contributed by atoms with Gasteiger partial charge in [-0.25, -0.2) is 4.79 Å². The average molecular weight is 325 g/mol. The first-order chi connectivity index (χ1) is 11.6. The monoisotopic (exact) mass is 325 g/mol. The molecule has 0 saturated heterocycles. The molecule has 1 N–H and O–H groups in total. The number of ether oxygens (including phenoxy) is 2. The fourth-order valence-electron chi connectivity index (χ4n) is 2.01. The first kappa shape index (κ1) is 17.3. The minimum absolute atomic E-state index is 0.174. The summed E-state index contributed by atoms with van der Waals surface area (Å²) in [6.07, 6.45) is 1.21. The van der Waals surface area contributed by atoms with E-state index in [2.05, 4.69) is 11.9 Å². The Morgan fingerprint density at radius 3 is 2.54 bits per heavy atom. The molecule has 0 fully saturated rings. The predicted octanol–water partition coefficient (Wildman–Crippen LogP) is 2.85. The zero-order valence-electron chi connectivity index (χ0n) is 13.5. The van der Waals surface area contributed by atoms with Gasteiger partial charge < -0.3 is 14.8 Å². The number of methoxy groups -OCH3 is 1. The Bertz CT molecular complexity index is 722. The Labute approximate surface area is 140 Å². The molecule has 0 saturated carbocycles. The van der Waals surface area contributed by atoms with Crippen LogP contribution in [-0.2, 0) is 22.7 Å². The summed E-state index contributed by atoms with van der Waals surface area (Å²) in [7, 11) is 1.59. The molecule has 5 nitrogen and oxygen atoms in total. The molecule has 0 aliphatic carbocycles. The van der Waals surface area contributed by atoms with Crippen LogP contribution in [0.25, 0.3) is 0 Å². The van der Waals surface area contributed by atoms with Crippen molar-refractivity contribution in [2.45, 2.75) is 13.2 Å². The quantitative estimate of drug-likeness (QED) is 0.628. The molecule has 0 radical (unpaired) electrons. The van der Waals surface area contributed by atoms with Gasteiger partial charge in [-0.1, -0.05) is 30.8 Å². The Morgan fingerprint density at radius 2 is 1.88 bits per heavy atom. The Morgan fingerprint density at radius 1 is 1.12 bits per heavy atom. The van der Waals surface area contributed by atoms with Gasteiger partial charge in [0.15, 0.2) is 0 Å². The van der Waals surface area contributed by atoms with Crippen molar-refractivity contribution in [3.05, 3.63) is 77.9 Å². The van der Waals surface area contributed by atoms with Crippen LogP contribution in [0.2, 0.25) is 0 Å². The van der Waals surface area contributed by atoms with Crippen LogP contribution in [0.4, 0.5) is 0 Å². The first-order valence-corrected chi connectivity index (χ1v) is 7.41. The molecule has 124 valence electrons. The zero-order chi connectivity index (χ0) is 17.4. The number of amides is 1. The van der Waals surface area contributed by atoms with Crippen molar-refractivity contribution in [1.82, 2.24) is 5.32 Å². The van der Waals surface area contributed by atoms with Crippen LogP contribution in [-0.4, -0.2) is 19.0 Å². The second-order valence-corrected chi connectivity index (χ2v) is 5.05. The summed E-state index contributed by atoms with van der Waals surface area (Å²) in [6, 6.07) is 14.2. The van der Waals surface area contributed by atoms with Crippen LogP contribution in [0.3, 0.4) is 0 Å². The van der Waals surface area contributed by atoms with Crippen LogP contribution < -0.4 is 10.1 Å². The van der Waals surface area contributed by atoms with Crippen LogP contribution in [0.15, 0.2) is 61.2 Å². The molecule has 1 amide bonds. The number of rotatable bonds is 7. The van der Waals surface area contributed by atoms with E-state index in [1.165, 1.54) is 6.08 Å². The second kappa shape index (κ2) is 8.53. The third-order valence-corrected chi connectivity index (χ3v) is 3.35. The summed E-state index contributed by atoms with van der Waals surface area (Å²) in [5, 5.41) is 2.67. The van der Waals surface area contributed by atoms with Gasteiger partial charge in [-0.2, -0.15) is 0 Å². The van der Waals surface area contributed by atoms with E-state index in [1.54, 1.807) is 31.4 Å². The normalized spacial score (nSPS) is 9.88. The van der Waals surface area contributed by atoms with E-state index in [1.807, 2.05) is 24.3 Å². The molecule has 2 rings (SSSR count). The summed E-state index contributed by atoms with van der Waals surface area (Å²) in [5.41, 5.74) is 2.19. The van der Waals surface area contributed by atoms with Crippen molar-refractivity contribution in [2.75, 3.05) is 7.11 Å². The van der Waals surface area contributed by atoms with E-state index < -0.39 is 5.97 Å². The van der Waals surface area contributed by atoms with Gasteiger partial charge in [0.1, 0.15) is 12.4 Å². The number of carbonyl (C=O) groups excluding carboxylic acids is 2. The fourth-order valence-corrected chi connectivity index (χ4v) is 2.01. The number of esters is 1. The number of nitrogens with one attached hydrogen (secondary N) is 1. The Kier molecular flexibility index (Phi) is 6.14. The third-order valence-electron chi connectivity index (χ3n) is 3.35. The van der Waals surface area contributed by atoms with Gasteiger partial charge in [0.25, 0.3) is 0 Å². The lowest BCUT2D eigenvalue weighted by atomic mass is 10.1. The van der Waals surface area contributed by atoms with Gasteiger partial charge in [-0.15, -0.1) is 0 Å². The molecule has 0 aliphatic heterocycles. The van der Waals surface area contributed by atoms with Crippen molar-refractivity contribution in [3.63, 3.8) is 0 Å². The van der Waals surface area contributed by atoms with Crippen LogP contribution in [0.5, 0.6) is 5.75 Å². The highest BCUT2D eigenvalue weighted by Crippen LogP contribution is 2.14. The van der Waals surface area contributed by atoms with E-state index in [9.17, 15) is 9.59 Å². The van der Waals surface area contributed by atoms with E-state index in [0.717, 1.165) is 16.9 Å². The molecule has 0 spiro atoms. The molecule has 0 aliphatic rings. The van der Waals surface area contributed by atoms with Gasteiger partial charge in [0.05, 0.1) is 12.7 Å². The smallest absolute Gasteiger partial charge is 0.338 e. The van der Waals surface area contributed by atoms with Crippen molar-refractivity contribution in [3.8, 4) is 5.75 Å². The SMILES string of the molecule is C=CC(=O)NCc1ccc(C(=O)OCc2cccc(OC)c2)cc1. The maximum Gasteiger partial charge on any atom is 0.338 e. The molecule has 0 unspecified atom stereocenters. The molecule has 2 aromatic rings. The summed E-state index contributed by atoms with van der Waals surface area (Å²) >= 11 is 0. The van der Waals surface area contributed by atoms with E-state index in [-0.39, 0.29) is 12.5 Å². The molecule has 0 bridgehead atoms. The van der Waals surface area contributed by atoms with E-state index >= 15 is 0 Å². The standard InChI is InChI=1S/C19H19NO4/c1-3-18(21)20-12-14-7-9-16(10-8-14)19(22)24-13-15-5-4-6-17(11-15)23-2/h3-11H,1,12-13H2,2H3,(H,20,21). The molecule has 0 aromatic heterocycles. The second-order valence-electron chi connectivity index (χ2n) is 5.05. The zero-order valence-corrected chi connectivity index (χ0v) is 13.5. The molecule has 0 atom stereocenters. The van der Waals surface area contributed by atoms with Crippen LogP contribution in [0.1, 0.15) is 21.5 Å². The van der Waals surface area contributed by atoms with Crippen molar-refractivity contribution >= 4 is 11.9 Å². The summed E-state index contributed by atoms with van der Waals surface area (Å²) in [6.45, 7) is 3.94. The van der Waals surface area contributed by atoms with E-state index in [0.29, 0.717) is 12.1 Å². The minimum atomic E-state index is -0.403. The Balaban J connectivity index is 1.90. The molecular weight excluding hydrogens is 306 g/mol. The summed E-state index contributed by atoms with van der Waals surface area (Å²) in [5.74, 6) is 0.0748. The minimum Gasteiger partial charge on any atom is -0.497 e. The van der Waals surface area contributed by atoms with Crippen LogP contribution >= 0.6 is 0 Å². The number of hydrogen-bond donors (Lipinski definition) is 1. The lowest BCUT2D eigenvalue weighted by Crippen LogP contribution is -2.19. The molecule has 0 heterocycles. The highest BCUT2D eigenvalue weighted by molar-refractivity contribution is 5.89. The third kappa shape index (κ3) is 4.98. The van der Waals surface area contributed by atoms with Crippen molar-refractivity contribution in [2.24, 2.45) is 0 Å². The van der Waals surface area contributed by atoms with Gasteiger partial charge in [-0.05, 0) is 41.5 Å². The molecule has 5 heteroatoms.